The van der Waals surface area contributed by atoms with Crippen LogP contribution in [0.25, 0.3) is 0 Å². The molecule has 3 atom stereocenters. The number of carbonyl (C=O) groups excluding carboxylic acids is 1. The monoisotopic (exact) mass is 377 g/mol. The second-order valence-electron chi connectivity index (χ2n) is 6.85. The number of nitrogens with zero attached hydrogens (tertiary/aromatic N) is 4. The fourth-order valence-corrected chi connectivity index (χ4v) is 4.10. The molecule has 0 spiro atoms. The molecular weight excluding hydrogens is 358 g/mol. The number of furan rings is 1. The number of hydrogen-bond acceptors (Lipinski definition) is 7. The molecule has 0 aromatic carbocycles. The summed E-state index contributed by atoms with van der Waals surface area (Å²) >= 11 is 0. The molecule has 1 N–H and O–H groups in total. The van der Waals surface area contributed by atoms with Gasteiger partial charge in [0.1, 0.15) is 17.4 Å². The summed E-state index contributed by atoms with van der Waals surface area (Å²) in [5, 5.41) is 38.0. The highest BCUT2D eigenvalue weighted by molar-refractivity contribution is 6.00. The van der Waals surface area contributed by atoms with Crippen molar-refractivity contribution in [2.24, 2.45) is 17.3 Å². The second-order valence-corrected chi connectivity index (χ2v) is 6.85. The van der Waals surface area contributed by atoms with Crippen LogP contribution in [-0.4, -0.2) is 36.4 Å². The number of aryl methyl sites for hydroxylation is 1. The van der Waals surface area contributed by atoms with Gasteiger partial charge in [-0.15, -0.1) is 0 Å². The first-order valence-electron chi connectivity index (χ1n) is 8.92. The van der Waals surface area contributed by atoms with Crippen molar-refractivity contribution in [1.29, 1.82) is 21.2 Å². The van der Waals surface area contributed by atoms with E-state index in [1.165, 1.54) is 4.90 Å². The van der Waals surface area contributed by atoms with E-state index in [1.807, 2.05) is 12.1 Å². The first-order chi connectivity index (χ1) is 13.4. The normalized spacial score (nSPS) is 25.5. The van der Waals surface area contributed by atoms with Crippen LogP contribution in [0.5, 0.6) is 0 Å². The van der Waals surface area contributed by atoms with Crippen LogP contribution in [0.1, 0.15) is 24.4 Å². The Morgan fingerprint density at radius 3 is 2.64 bits per heavy atom. The topological polar surface area (TPSA) is 138 Å². The Hall–Kier alpha value is -3.57. The molecule has 1 fully saturated rings. The van der Waals surface area contributed by atoms with Crippen molar-refractivity contribution < 1.29 is 13.9 Å². The predicted octanol–water partition coefficient (Wildman–Crippen LogP) is 2.89. The summed E-state index contributed by atoms with van der Waals surface area (Å²) in [6.45, 7) is 4.10. The van der Waals surface area contributed by atoms with E-state index in [0.29, 0.717) is 17.1 Å². The number of ether oxygens (including phenoxy) is 1. The molecule has 8 heteroatoms. The van der Waals surface area contributed by atoms with Crippen LogP contribution in [0.2, 0.25) is 0 Å². The van der Waals surface area contributed by atoms with Gasteiger partial charge in [-0.25, -0.2) is 4.79 Å². The summed E-state index contributed by atoms with van der Waals surface area (Å²) in [6, 6.07) is 9.44. The number of nitriles is 3. The van der Waals surface area contributed by atoms with Gasteiger partial charge in [0, 0.05) is 19.0 Å². The molecule has 1 aromatic heterocycles. The van der Waals surface area contributed by atoms with Crippen molar-refractivity contribution in [3.63, 3.8) is 0 Å². The molecule has 0 saturated heterocycles. The molecule has 1 aromatic rings. The van der Waals surface area contributed by atoms with Gasteiger partial charge in [-0.1, -0.05) is 6.08 Å². The summed E-state index contributed by atoms with van der Waals surface area (Å²) in [4.78, 5) is 13.7. The molecule has 1 aliphatic heterocycles. The van der Waals surface area contributed by atoms with Crippen molar-refractivity contribution >= 4 is 11.8 Å². The molecule has 28 heavy (non-hydrogen) atoms. The fraction of sp³-hybridized carbons (Fsp3) is 0.450. The maximum absolute atomic E-state index is 12.2. The van der Waals surface area contributed by atoms with Crippen molar-refractivity contribution in [2.75, 3.05) is 19.7 Å². The van der Waals surface area contributed by atoms with Gasteiger partial charge in [0.25, 0.3) is 0 Å². The van der Waals surface area contributed by atoms with Crippen LogP contribution < -0.4 is 0 Å². The van der Waals surface area contributed by atoms with Crippen molar-refractivity contribution in [1.82, 2.24) is 4.90 Å². The van der Waals surface area contributed by atoms with Crippen molar-refractivity contribution in [3.8, 4) is 18.2 Å². The highest BCUT2D eigenvalue weighted by Gasteiger charge is 2.59. The third kappa shape index (κ3) is 2.73. The molecule has 1 amide bonds. The predicted molar refractivity (Wildman–Crippen MR) is 96.8 cm³/mol. The first-order valence-corrected chi connectivity index (χ1v) is 8.92. The molecule has 1 aliphatic carbocycles. The molecule has 2 heterocycles. The average Bonchev–Trinajstić information content (AvgIpc) is 3.12. The Morgan fingerprint density at radius 2 is 2.11 bits per heavy atom. The van der Waals surface area contributed by atoms with Crippen LogP contribution >= 0.6 is 0 Å². The molecule has 8 nitrogen and oxygen atoms in total. The minimum Gasteiger partial charge on any atom is -0.466 e. The number of hydrogen-bond donors (Lipinski definition) is 1. The SMILES string of the molecule is CCOC(=O)N1CC=C2C(C#N)C(=N)C(C#N)(C#N)[C@@H](c3ccc(C)o3)[C@H]2C1. The van der Waals surface area contributed by atoms with Gasteiger partial charge in [0.05, 0.1) is 36.4 Å². The molecule has 3 rings (SSSR count). The molecule has 142 valence electrons. The molecule has 0 bridgehead atoms. The molecule has 1 saturated carbocycles. The maximum atomic E-state index is 12.2. The maximum Gasteiger partial charge on any atom is 0.410 e. The van der Waals surface area contributed by atoms with Gasteiger partial charge in [-0.2, -0.15) is 15.8 Å². The van der Waals surface area contributed by atoms with E-state index in [9.17, 15) is 20.6 Å². The van der Waals surface area contributed by atoms with E-state index in [1.54, 1.807) is 32.1 Å². The van der Waals surface area contributed by atoms with Crippen molar-refractivity contribution in [2.45, 2.75) is 19.8 Å². The van der Waals surface area contributed by atoms with E-state index in [2.05, 4.69) is 6.07 Å². The van der Waals surface area contributed by atoms with Crippen LogP contribution in [0, 0.1) is 63.6 Å². The Morgan fingerprint density at radius 1 is 1.39 bits per heavy atom. The Kier molecular flexibility index (Phi) is 4.94. The van der Waals surface area contributed by atoms with E-state index < -0.39 is 29.3 Å². The third-order valence-electron chi connectivity index (χ3n) is 5.38. The lowest BCUT2D eigenvalue weighted by molar-refractivity contribution is 0.0978. The van der Waals surface area contributed by atoms with E-state index in [-0.39, 0.29) is 25.4 Å². The summed E-state index contributed by atoms with van der Waals surface area (Å²) in [6.07, 6.45) is 1.23. The van der Waals surface area contributed by atoms with Crippen LogP contribution in [0.4, 0.5) is 4.79 Å². The summed E-state index contributed by atoms with van der Waals surface area (Å²) in [5.74, 6) is -1.31. The molecular formula is C20H19N5O3. The van der Waals surface area contributed by atoms with Gasteiger partial charge in [-0.3, -0.25) is 0 Å². The highest BCUT2D eigenvalue weighted by Crippen LogP contribution is 2.53. The van der Waals surface area contributed by atoms with Gasteiger partial charge in [-0.05, 0) is 31.6 Å². The van der Waals surface area contributed by atoms with Gasteiger partial charge >= 0.3 is 6.09 Å². The molecule has 2 aliphatic rings. The summed E-state index contributed by atoms with van der Waals surface area (Å²) in [7, 11) is 0. The number of nitrogens with one attached hydrogen (secondary N) is 1. The zero-order valence-electron chi connectivity index (χ0n) is 15.6. The Bertz CT molecular complexity index is 957. The number of rotatable bonds is 2. The summed E-state index contributed by atoms with van der Waals surface area (Å²) < 4.78 is 10.8. The van der Waals surface area contributed by atoms with Crippen LogP contribution in [-0.2, 0) is 4.74 Å². The van der Waals surface area contributed by atoms with Crippen LogP contribution in [0.15, 0.2) is 28.2 Å². The minimum atomic E-state index is -1.86. The standard InChI is InChI=1S/C20H19N5O3/c1-3-27-19(26)25-7-6-13-14(8-21)18(24)20(10-22,11-23)17(15(13)9-25)16-5-4-12(2)28-16/h4-6,14-15,17,24H,3,7,9H2,1-2H3/t14?,15-,17+/m0/s1. The van der Waals surface area contributed by atoms with Gasteiger partial charge in [0.15, 0.2) is 5.41 Å². The lowest BCUT2D eigenvalue weighted by atomic mass is 9.55. The van der Waals surface area contributed by atoms with Gasteiger partial charge < -0.3 is 19.5 Å². The molecule has 1 unspecified atom stereocenters. The van der Waals surface area contributed by atoms with Crippen molar-refractivity contribution in [3.05, 3.63) is 35.3 Å². The van der Waals surface area contributed by atoms with Crippen LogP contribution in [0.3, 0.4) is 0 Å². The van der Waals surface area contributed by atoms with E-state index in [4.69, 9.17) is 14.6 Å². The van der Waals surface area contributed by atoms with E-state index in [0.717, 1.165) is 0 Å². The zero-order chi connectivity index (χ0) is 20.5. The molecule has 0 radical (unpaired) electrons. The van der Waals surface area contributed by atoms with Gasteiger partial charge in [0.2, 0.25) is 0 Å². The average molecular weight is 377 g/mol. The quantitative estimate of drug-likeness (QED) is 0.786. The zero-order valence-corrected chi connectivity index (χ0v) is 15.6. The number of amides is 1. The lowest BCUT2D eigenvalue weighted by Gasteiger charge is -2.46. The largest absolute Gasteiger partial charge is 0.466 e. The second kappa shape index (κ2) is 7.21. The third-order valence-corrected chi connectivity index (χ3v) is 5.38. The van der Waals surface area contributed by atoms with E-state index >= 15 is 0 Å². The smallest absolute Gasteiger partial charge is 0.410 e. The minimum absolute atomic E-state index is 0.172. The lowest BCUT2D eigenvalue weighted by Crippen LogP contribution is -2.53. The number of fused-ring (bicyclic) bond motifs is 1. The first kappa shape index (κ1) is 19.2. The highest BCUT2D eigenvalue weighted by atomic mass is 16.6. The Balaban J connectivity index is 2.17. The summed E-state index contributed by atoms with van der Waals surface area (Å²) in [5.41, 5.74) is -1.45. The Labute approximate surface area is 162 Å². The number of carbonyl (C=O) groups is 1. The fourth-order valence-electron chi connectivity index (χ4n) is 4.10.